The Labute approximate surface area is 180 Å². The summed E-state index contributed by atoms with van der Waals surface area (Å²) < 4.78 is 6.80. The van der Waals surface area contributed by atoms with Gasteiger partial charge in [0.15, 0.2) is 5.82 Å². The summed E-state index contributed by atoms with van der Waals surface area (Å²) in [6.07, 6.45) is 1.64. The van der Waals surface area contributed by atoms with Gasteiger partial charge in [-0.2, -0.15) is 5.10 Å². The quantitative estimate of drug-likeness (QED) is 0.548. The maximum Gasteiger partial charge on any atom is 0.254 e. The van der Waals surface area contributed by atoms with Gasteiger partial charge in [-0.15, -0.1) is 0 Å². The monoisotopic (exact) mass is 425 g/mol. The van der Waals surface area contributed by atoms with Crippen LogP contribution in [0.1, 0.15) is 62.3 Å². The lowest BCUT2D eigenvalue weighted by atomic mass is 9.93. The normalized spacial score (nSPS) is 11.7. The highest BCUT2D eigenvalue weighted by Gasteiger charge is 2.24. The first-order chi connectivity index (χ1) is 14.5. The number of pyridine rings is 1. The lowest BCUT2D eigenvalue weighted by molar-refractivity contribution is -0.115. The van der Waals surface area contributed by atoms with Crippen LogP contribution in [0.3, 0.4) is 0 Å². The van der Waals surface area contributed by atoms with E-state index in [0.717, 1.165) is 0 Å². The van der Waals surface area contributed by atoms with Gasteiger partial charge in [-0.05, 0) is 25.5 Å². The Morgan fingerprint density at radius 1 is 1.26 bits per heavy atom. The van der Waals surface area contributed by atoms with Crippen LogP contribution in [0.25, 0.3) is 11.4 Å². The first-order valence-corrected chi connectivity index (χ1v) is 9.87. The molecule has 0 saturated carbocycles. The number of hydrogen-bond acceptors (Lipinski definition) is 7. The number of carbonyl (C=O) groups excluding carboxylic acids is 2. The summed E-state index contributed by atoms with van der Waals surface area (Å²) in [5, 5.41) is 11.0. The highest BCUT2D eigenvalue weighted by Crippen LogP contribution is 2.28. The van der Waals surface area contributed by atoms with Gasteiger partial charge in [-0.25, -0.2) is 4.68 Å². The first kappa shape index (κ1) is 22.0. The predicted octanol–water partition coefficient (Wildman–Crippen LogP) is 2.67. The summed E-state index contributed by atoms with van der Waals surface area (Å²) in [4.78, 5) is 28.6. The highest BCUT2D eigenvalue weighted by atomic mass is 16.5. The van der Waals surface area contributed by atoms with Crippen molar-refractivity contribution in [1.29, 1.82) is 0 Å². The van der Waals surface area contributed by atoms with E-state index in [2.05, 4.69) is 20.6 Å². The number of nitrogens with one attached hydrogen (secondary N) is 1. The van der Waals surface area contributed by atoms with Crippen LogP contribution >= 0.6 is 0 Å². The number of nitrogen functional groups attached to an aromatic ring is 1. The zero-order chi connectivity index (χ0) is 22.9. The molecular formula is C21H27N7O3. The molecule has 0 aliphatic carbocycles. The second-order valence-electron chi connectivity index (χ2n) is 8.61. The van der Waals surface area contributed by atoms with E-state index in [0.29, 0.717) is 28.5 Å². The zero-order valence-electron chi connectivity index (χ0n) is 18.3. The molecule has 5 N–H and O–H groups in total. The van der Waals surface area contributed by atoms with Crippen LogP contribution in [0.2, 0.25) is 0 Å². The van der Waals surface area contributed by atoms with Gasteiger partial charge in [0.25, 0.3) is 5.91 Å². The van der Waals surface area contributed by atoms with Crippen molar-refractivity contribution in [3.05, 3.63) is 41.3 Å². The topological polar surface area (TPSA) is 155 Å². The molecule has 0 saturated heterocycles. The van der Waals surface area contributed by atoms with E-state index in [9.17, 15) is 9.59 Å². The minimum atomic E-state index is -0.674. The van der Waals surface area contributed by atoms with Gasteiger partial charge in [0.1, 0.15) is 22.8 Å². The van der Waals surface area contributed by atoms with E-state index in [1.54, 1.807) is 24.4 Å². The van der Waals surface area contributed by atoms with Crippen molar-refractivity contribution in [3.8, 4) is 11.4 Å². The Bertz CT molecular complexity index is 1110. The molecule has 2 amide bonds. The molecule has 0 aliphatic rings. The van der Waals surface area contributed by atoms with Crippen molar-refractivity contribution in [2.45, 2.75) is 52.5 Å². The van der Waals surface area contributed by atoms with Gasteiger partial charge in [0.2, 0.25) is 5.91 Å². The van der Waals surface area contributed by atoms with Crippen LogP contribution in [0.4, 0.5) is 11.6 Å². The smallest absolute Gasteiger partial charge is 0.254 e. The van der Waals surface area contributed by atoms with Crippen molar-refractivity contribution < 1.29 is 14.1 Å². The van der Waals surface area contributed by atoms with Crippen molar-refractivity contribution in [1.82, 2.24) is 19.9 Å². The maximum atomic E-state index is 12.3. The molecule has 0 aliphatic heterocycles. The van der Waals surface area contributed by atoms with Crippen molar-refractivity contribution in [2.75, 3.05) is 11.1 Å². The third-order valence-electron chi connectivity index (χ3n) is 4.63. The Hall–Kier alpha value is -3.69. The fraction of sp³-hybridized carbons (Fsp3) is 0.381. The summed E-state index contributed by atoms with van der Waals surface area (Å²) in [7, 11) is 0. The first-order valence-electron chi connectivity index (χ1n) is 9.87. The summed E-state index contributed by atoms with van der Waals surface area (Å²) in [5.41, 5.74) is 12.9. The molecular weight excluding hydrogens is 398 g/mol. The Morgan fingerprint density at radius 2 is 1.97 bits per heavy atom. The number of hydrogen-bond donors (Lipinski definition) is 3. The van der Waals surface area contributed by atoms with Crippen LogP contribution in [-0.4, -0.2) is 31.7 Å². The molecule has 10 nitrogen and oxygen atoms in total. The number of anilines is 2. The largest absolute Gasteiger partial charge is 0.383 e. The minimum Gasteiger partial charge on any atom is -0.383 e. The average Bonchev–Trinajstić information content (AvgIpc) is 3.26. The average molecular weight is 425 g/mol. The lowest BCUT2D eigenvalue weighted by Gasteiger charge is -2.12. The summed E-state index contributed by atoms with van der Waals surface area (Å²) in [5.74, 6) is 0.311. The number of amides is 2. The highest BCUT2D eigenvalue weighted by molar-refractivity contribution is 6.03. The van der Waals surface area contributed by atoms with Crippen molar-refractivity contribution >= 4 is 23.5 Å². The minimum absolute atomic E-state index is 0.0508. The summed E-state index contributed by atoms with van der Waals surface area (Å²) in [6.45, 7) is 9.77. The summed E-state index contributed by atoms with van der Waals surface area (Å²) >= 11 is 0. The molecule has 0 spiro atoms. The molecule has 0 fully saturated rings. The van der Waals surface area contributed by atoms with E-state index in [1.165, 1.54) is 4.68 Å². The zero-order valence-corrected chi connectivity index (χ0v) is 18.3. The molecule has 10 heteroatoms. The number of aromatic nitrogens is 4. The molecule has 3 aromatic heterocycles. The third kappa shape index (κ3) is 4.73. The fourth-order valence-corrected chi connectivity index (χ4v) is 2.99. The Morgan fingerprint density at radius 3 is 2.48 bits per heavy atom. The molecule has 0 radical (unpaired) electrons. The van der Waals surface area contributed by atoms with Gasteiger partial charge in [-0.3, -0.25) is 14.6 Å². The fourth-order valence-electron chi connectivity index (χ4n) is 2.99. The van der Waals surface area contributed by atoms with Crippen molar-refractivity contribution in [3.63, 3.8) is 0 Å². The SMILES string of the molecule is CC(C)n1nc(-c2ccc(CC(=O)Nc3cc(C(C)(C)C)on3)cn2)c(C(N)=O)c1N. The molecule has 3 aromatic rings. The van der Waals surface area contributed by atoms with Gasteiger partial charge in [-0.1, -0.05) is 32.0 Å². The number of primary amides is 1. The van der Waals surface area contributed by atoms with E-state index in [1.807, 2.05) is 34.6 Å². The van der Waals surface area contributed by atoms with Crippen LogP contribution in [0.5, 0.6) is 0 Å². The van der Waals surface area contributed by atoms with E-state index in [4.69, 9.17) is 16.0 Å². The second kappa shape index (κ2) is 8.21. The number of nitrogens with zero attached hydrogens (tertiary/aromatic N) is 4. The molecule has 3 rings (SSSR count). The van der Waals surface area contributed by atoms with Crippen molar-refractivity contribution in [2.24, 2.45) is 5.73 Å². The number of nitrogens with two attached hydrogens (primary N) is 2. The standard InChI is InChI=1S/C21H27N7O3/c1-11(2)28-19(22)17(20(23)30)18(26-28)13-7-6-12(10-24-13)8-16(29)25-15-9-14(31-27-15)21(3,4)5/h6-7,9-11H,8,22H2,1-5H3,(H2,23,30)(H,25,27,29). The van der Waals surface area contributed by atoms with Crippen LogP contribution in [0, 0.1) is 0 Å². The summed E-state index contributed by atoms with van der Waals surface area (Å²) in [6, 6.07) is 5.07. The molecule has 164 valence electrons. The molecule has 0 bridgehead atoms. The molecule has 0 atom stereocenters. The van der Waals surface area contributed by atoms with Gasteiger partial charge < -0.3 is 21.3 Å². The second-order valence-corrected chi connectivity index (χ2v) is 8.61. The number of carbonyl (C=O) groups is 2. The van der Waals surface area contributed by atoms with Gasteiger partial charge >= 0.3 is 0 Å². The molecule has 3 heterocycles. The maximum absolute atomic E-state index is 12.3. The van der Waals surface area contributed by atoms with E-state index >= 15 is 0 Å². The third-order valence-corrected chi connectivity index (χ3v) is 4.63. The Kier molecular flexibility index (Phi) is 5.83. The molecule has 0 unspecified atom stereocenters. The lowest BCUT2D eigenvalue weighted by Crippen LogP contribution is -2.15. The molecule has 31 heavy (non-hydrogen) atoms. The van der Waals surface area contributed by atoms with Crippen LogP contribution in [0.15, 0.2) is 28.9 Å². The van der Waals surface area contributed by atoms with Crippen LogP contribution in [-0.2, 0) is 16.6 Å². The molecule has 0 aromatic carbocycles. The number of rotatable bonds is 6. The van der Waals surface area contributed by atoms with E-state index in [-0.39, 0.29) is 35.2 Å². The van der Waals surface area contributed by atoms with E-state index < -0.39 is 5.91 Å². The van der Waals surface area contributed by atoms with Gasteiger partial charge in [0, 0.05) is 23.7 Å². The Balaban J connectivity index is 1.75. The predicted molar refractivity (Wildman–Crippen MR) is 116 cm³/mol. The van der Waals surface area contributed by atoms with Crippen LogP contribution < -0.4 is 16.8 Å². The van der Waals surface area contributed by atoms with Gasteiger partial charge in [0.05, 0.1) is 12.1 Å².